The van der Waals surface area contributed by atoms with Crippen molar-refractivity contribution >= 4 is 17.3 Å². The van der Waals surface area contributed by atoms with E-state index in [-0.39, 0.29) is 41.7 Å². The molecule has 5 nitrogen and oxygen atoms in total. The van der Waals surface area contributed by atoms with Crippen LogP contribution in [-0.4, -0.2) is 31.1 Å². The molecule has 0 bridgehead atoms. The number of rotatable bonds is 9. The fourth-order valence-electron chi connectivity index (χ4n) is 1.53. The lowest BCUT2D eigenvalue weighted by Gasteiger charge is -1.99. The summed E-state index contributed by atoms with van der Waals surface area (Å²) >= 11 is 0. The summed E-state index contributed by atoms with van der Waals surface area (Å²) in [5.74, 6) is -0.101. The lowest BCUT2D eigenvalue weighted by Crippen LogP contribution is -2.06. The quantitative estimate of drug-likeness (QED) is 0.642. The average Bonchev–Trinajstić information content (AvgIpc) is 2.91. The van der Waals surface area contributed by atoms with Gasteiger partial charge in [0.25, 0.3) is 0 Å². The van der Waals surface area contributed by atoms with Gasteiger partial charge in [0.1, 0.15) is 5.78 Å². The molecule has 0 aliphatic rings. The van der Waals surface area contributed by atoms with Crippen molar-refractivity contribution in [3.8, 4) is 0 Å². The summed E-state index contributed by atoms with van der Waals surface area (Å²) in [4.78, 5) is 34.5. The fourth-order valence-corrected chi connectivity index (χ4v) is 1.53. The van der Waals surface area contributed by atoms with E-state index in [0.717, 1.165) is 0 Å². The van der Waals surface area contributed by atoms with Crippen LogP contribution in [0, 0.1) is 0 Å². The summed E-state index contributed by atoms with van der Waals surface area (Å²) in [6.07, 6.45) is 0.897. The minimum absolute atomic E-state index is 0.0217. The summed E-state index contributed by atoms with van der Waals surface area (Å²) in [7, 11) is 1.52. The van der Waals surface area contributed by atoms with Crippen molar-refractivity contribution in [1.82, 2.24) is 0 Å². The molecule has 0 spiro atoms. The largest absolute Gasteiger partial charge is 0.450 e. The van der Waals surface area contributed by atoms with E-state index in [1.54, 1.807) is 6.92 Å². The Kier molecular flexibility index (Phi) is 6.15. The molecule has 5 heteroatoms. The zero-order chi connectivity index (χ0) is 14.3. The first-order valence-corrected chi connectivity index (χ1v) is 6.25. The molecule has 0 aromatic carbocycles. The Morgan fingerprint density at radius 2 is 1.68 bits per heavy atom. The molecule has 1 rings (SSSR count). The van der Waals surface area contributed by atoms with Crippen LogP contribution in [0.3, 0.4) is 0 Å². The maximum atomic E-state index is 11.8. The summed E-state index contributed by atoms with van der Waals surface area (Å²) < 4.78 is 9.96. The third kappa shape index (κ3) is 4.79. The highest BCUT2D eigenvalue weighted by atomic mass is 16.5. The molecule has 0 fully saturated rings. The van der Waals surface area contributed by atoms with Gasteiger partial charge >= 0.3 is 0 Å². The summed E-state index contributed by atoms with van der Waals surface area (Å²) in [6.45, 7) is 2.09. The van der Waals surface area contributed by atoms with Gasteiger partial charge in [-0.25, -0.2) is 0 Å². The molecule has 0 unspecified atom stereocenters. The first-order chi connectivity index (χ1) is 9.08. The van der Waals surface area contributed by atoms with E-state index in [0.29, 0.717) is 19.4 Å². The number of Topliss-reactive ketones (excluding diaryl/α,β-unsaturated/α-hetero) is 3. The first-order valence-electron chi connectivity index (χ1n) is 6.25. The molecule has 0 saturated heterocycles. The predicted octanol–water partition coefficient (Wildman–Crippen LogP) is 2.44. The van der Waals surface area contributed by atoms with Crippen molar-refractivity contribution < 1.29 is 23.5 Å². The third-order valence-electron chi connectivity index (χ3n) is 2.69. The van der Waals surface area contributed by atoms with Crippen molar-refractivity contribution in [3.63, 3.8) is 0 Å². The molecule has 0 aliphatic heterocycles. The number of carbonyl (C=O) groups excluding carboxylic acids is 3. The van der Waals surface area contributed by atoms with Crippen molar-refractivity contribution in [2.24, 2.45) is 0 Å². The Morgan fingerprint density at radius 3 is 2.26 bits per heavy atom. The van der Waals surface area contributed by atoms with Gasteiger partial charge in [-0.3, -0.25) is 14.4 Å². The van der Waals surface area contributed by atoms with Gasteiger partial charge < -0.3 is 9.15 Å². The highest BCUT2D eigenvalue weighted by Crippen LogP contribution is 2.13. The van der Waals surface area contributed by atoms with Gasteiger partial charge in [-0.2, -0.15) is 0 Å². The fraction of sp³-hybridized carbons (Fsp3) is 0.500. The maximum Gasteiger partial charge on any atom is 0.198 e. The molecular weight excluding hydrogens is 248 g/mol. The molecule has 0 aliphatic carbocycles. The Hall–Kier alpha value is -1.75. The smallest absolute Gasteiger partial charge is 0.198 e. The minimum atomic E-state index is -0.263. The van der Waals surface area contributed by atoms with E-state index < -0.39 is 0 Å². The van der Waals surface area contributed by atoms with Gasteiger partial charge in [-0.05, 0) is 12.1 Å². The van der Waals surface area contributed by atoms with Crippen LogP contribution >= 0.6 is 0 Å². The molecular formula is C14H18O5. The van der Waals surface area contributed by atoms with E-state index in [2.05, 4.69) is 0 Å². The highest BCUT2D eigenvalue weighted by molar-refractivity contribution is 5.98. The van der Waals surface area contributed by atoms with Crippen LogP contribution in [0.5, 0.6) is 0 Å². The summed E-state index contributed by atoms with van der Waals surface area (Å²) in [5.41, 5.74) is 0. The zero-order valence-electron chi connectivity index (χ0n) is 11.2. The Bertz CT molecular complexity index is 458. The van der Waals surface area contributed by atoms with Crippen LogP contribution in [0.25, 0.3) is 0 Å². The zero-order valence-corrected chi connectivity index (χ0v) is 11.2. The van der Waals surface area contributed by atoms with E-state index >= 15 is 0 Å². The topological polar surface area (TPSA) is 73.6 Å². The number of hydrogen-bond donors (Lipinski definition) is 0. The predicted molar refractivity (Wildman–Crippen MR) is 68.4 cm³/mol. The molecule has 1 aromatic heterocycles. The van der Waals surface area contributed by atoms with Crippen LogP contribution in [0.2, 0.25) is 0 Å². The second kappa shape index (κ2) is 7.63. The van der Waals surface area contributed by atoms with Crippen LogP contribution in [0.15, 0.2) is 16.5 Å². The molecule has 0 amide bonds. The van der Waals surface area contributed by atoms with E-state index in [1.165, 1.54) is 19.2 Å². The minimum Gasteiger partial charge on any atom is -0.450 e. The molecule has 0 saturated carbocycles. The molecule has 0 radical (unpaired) electrons. The standard InChI is InChI=1S/C14H18O5/c1-3-11(16)13-6-7-14(19-13)12(17)5-4-10(15)8-9-18-2/h6-7H,3-5,8-9H2,1-2H3. The number of ketones is 3. The SMILES string of the molecule is CCC(=O)c1ccc(C(=O)CCC(=O)CCOC)o1. The number of carbonyl (C=O) groups is 3. The molecule has 0 atom stereocenters. The van der Waals surface area contributed by atoms with Crippen LogP contribution < -0.4 is 0 Å². The normalized spacial score (nSPS) is 10.4. The van der Waals surface area contributed by atoms with Crippen molar-refractivity contribution in [2.45, 2.75) is 32.6 Å². The van der Waals surface area contributed by atoms with E-state index in [1.807, 2.05) is 0 Å². The monoisotopic (exact) mass is 266 g/mol. The molecule has 1 aromatic rings. The third-order valence-corrected chi connectivity index (χ3v) is 2.69. The van der Waals surface area contributed by atoms with E-state index in [9.17, 15) is 14.4 Å². The Morgan fingerprint density at radius 1 is 1.05 bits per heavy atom. The first kappa shape index (κ1) is 15.3. The maximum absolute atomic E-state index is 11.8. The van der Waals surface area contributed by atoms with Gasteiger partial charge in [0.05, 0.1) is 6.61 Å². The highest BCUT2D eigenvalue weighted by Gasteiger charge is 2.15. The Balaban J connectivity index is 2.47. The Labute approximate surface area is 111 Å². The van der Waals surface area contributed by atoms with E-state index in [4.69, 9.17) is 9.15 Å². The van der Waals surface area contributed by atoms with Gasteiger partial charge in [0.15, 0.2) is 23.1 Å². The second-order valence-electron chi connectivity index (χ2n) is 4.15. The van der Waals surface area contributed by atoms with Crippen LogP contribution in [-0.2, 0) is 9.53 Å². The summed E-state index contributed by atoms with van der Waals surface area (Å²) in [5, 5.41) is 0. The summed E-state index contributed by atoms with van der Waals surface area (Å²) in [6, 6.07) is 2.97. The number of methoxy groups -OCH3 is 1. The van der Waals surface area contributed by atoms with Crippen molar-refractivity contribution in [1.29, 1.82) is 0 Å². The lowest BCUT2D eigenvalue weighted by atomic mass is 10.1. The number of ether oxygens (including phenoxy) is 1. The molecule has 104 valence electrons. The van der Waals surface area contributed by atoms with Crippen molar-refractivity contribution in [2.75, 3.05) is 13.7 Å². The molecule has 1 heterocycles. The molecule has 0 N–H and O–H groups in total. The van der Waals surface area contributed by atoms with Gasteiger partial charge in [0.2, 0.25) is 0 Å². The van der Waals surface area contributed by atoms with Gasteiger partial charge in [-0.1, -0.05) is 6.92 Å². The van der Waals surface area contributed by atoms with Crippen molar-refractivity contribution in [3.05, 3.63) is 23.7 Å². The number of furan rings is 1. The molecule has 19 heavy (non-hydrogen) atoms. The number of hydrogen-bond acceptors (Lipinski definition) is 5. The second-order valence-corrected chi connectivity index (χ2v) is 4.15. The average molecular weight is 266 g/mol. The van der Waals surface area contributed by atoms with Gasteiger partial charge in [-0.15, -0.1) is 0 Å². The van der Waals surface area contributed by atoms with Gasteiger partial charge in [0, 0.05) is 32.8 Å². The lowest BCUT2D eigenvalue weighted by molar-refractivity contribution is -0.119. The van der Waals surface area contributed by atoms with Crippen LogP contribution in [0.1, 0.15) is 53.7 Å². The van der Waals surface area contributed by atoms with Crippen LogP contribution in [0.4, 0.5) is 0 Å².